The second-order valence-electron chi connectivity index (χ2n) is 5.92. The molecule has 0 aliphatic heterocycles. The van der Waals surface area contributed by atoms with Crippen molar-refractivity contribution < 1.29 is 19.6 Å². The Hall–Kier alpha value is -4.08. The van der Waals surface area contributed by atoms with E-state index in [0.717, 1.165) is 0 Å². The zero-order chi connectivity index (χ0) is 20.4. The molecule has 2 aromatic carbocycles. The molecule has 1 amide bonds. The van der Waals surface area contributed by atoms with Crippen LogP contribution in [0, 0.1) is 17.0 Å². The van der Waals surface area contributed by atoms with Gasteiger partial charge in [0, 0.05) is 11.5 Å². The number of carboxylic acids is 1. The van der Waals surface area contributed by atoms with E-state index in [0.29, 0.717) is 10.2 Å². The monoisotopic (exact) mass is 381 g/mol. The van der Waals surface area contributed by atoms with Gasteiger partial charge in [0.15, 0.2) is 0 Å². The summed E-state index contributed by atoms with van der Waals surface area (Å²) >= 11 is 0. The minimum Gasteiger partial charge on any atom is -0.543 e. The van der Waals surface area contributed by atoms with Crippen molar-refractivity contribution in [3.05, 3.63) is 74.2 Å². The van der Waals surface area contributed by atoms with Crippen LogP contribution < -0.4 is 16.0 Å². The van der Waals surface area contributed by atoms with Gasteiger partial charge in [0.05, 0.1) is 16.3 Å². The van der Waals surface area contributed by atoms with Gasteiger partial charge in [-0.15, -0.1) is 0 Å². The number of amides is 1. The molecule has 0 bridgehead atoms. The van der Waals surface area contributed by atoms with E-state index in [1.807, 2.05) is 0 Å². The van der Waals surface area contributed by atoms with Crippen molar-refractivity contribution in [1.82, 2.24) is 9.78 Å². The summed E-state index contributed by atoms with van der Waals surface area (Å²) in [6.45, 7) is 0.951. The molecular formula is C18H13N4O6-. The second kappa shape index (κ2) is 7.27. The fourth-order valence-corrected chi connectivity index (χ4v) is 2.78. The van der Waals surface area contributed by atoms with Gasteiger partial charge >= 0.3 is 0 Å². The van der Waals surface area contributed by atoms with Crippen molar-refractivity contribution in [2.45, 2.75) is 13.5 Å². The highest BCUT2D eigenvalue weighted by atomic mass is 16.6. The van der Waals surface area contributed by atoms with E-state index in [9.17, 15) is 29.6 Å². The van der Waals surface area contributed by atoms with Gasteiger partial charge in [-0.1, -0.05) is 30.3 Å². The first-order chi connectivity index (χ1) is 13.3. The molecule has 1 aromatic heterocycles. The Morgan fingerprint density at radius 2 is 1.82 bits per heavy atom. The normalized spacial score (nSPS) is 10.6. The van der Waals surface area contributed by atoms with Gasteiger partial charge in [0.2, 0.25) is 5.91 Å². The lowest BCUT2D eigenvalue weighted by molar-refractivity contribution is -0.384. The molecule has 3 aromatic rings. The van der Waals surface area contributed by atoms with E-state index in [-0.39, 0.29) is 22.1 Å². The summed E-state index contributed by atoms with van der Waals surface area (Å²) in [4.78, 5) is 46.8. The molecule has 0 radical (unpaired) electrons. The number of nitro groups is 1. The molecule has 28 heavy (non-hydrogen) atoms. The van der Waals surface area contributed by atoms with Gasteiger partial charge in [0.1, 0.15) is 17.9 Å². The Balaban J connectivity index is 1.99. The van der Waals surface area contributed by atoms with Gasteiger partial charge in [-0.3, -0.25) is 19.7 Å². The molecule has 0 saturated heterocycles. The smallest absolute Gasteiger partial charge is 0.293 e. The van der Waals surface area contributed by atoms with Gasteiger partial charge in [-0.25, -0.2) is 4.68 Å². The largest absolute Gasteiger partial charge is 0.543 e. The van der Waals surface area contributed by atoms with Crippen LogP contribution in [0.25, 0.3) is 10.8 Å². The van der Waals surface area contributed by atoms with Gasteiger partial charge in [0.25, 0.3) is 11.2 Å². The number of hydrogen-bond acceptors (Lipinski definition) is 7. The first-order valence-corrected chi connectivity index (χ1v) is 8.04. The average Bonchev–Trinajstić information content (AvgIpc) is 2.65. The summed E-state index contributed by atoms with van der Waals surface area (Å²) in [5, 5.41) is 28.8. The van der Waals surface area contributed by atoms with Crippen LogP contribution in [-0.4, -0.2) is 26.6 Å². The third-order valence-corrected chi connectivity index (χ3v) is 4.07. The third-order valence-electron chi connectivity index (χ3n) is 4.07. The van der Waals surface area contributed by atoms with Gasteiger partial charge < -0.3 is 15.2 Å². The summed E-state index contributed by atoms with van der Waals surface area (Å²) in [6, 6.07) is 10.2. The molecule has 142 valence electrons. The Morgan fingerprint density at radius 1 is 1.14 bits per heavy atom. The van der Waals surface area contributed by atoms with Crippen molar-refractivity contribution in [1.29, 1.82) is 0 Å². The van der Waals surface area contributed by atoms with Crippen LogP contribution in [0.3, 0.4) is 0 Å². The van der Waals surface area contributed by atoms with E-state index in [2.05, 4.69) is 10.4 Å². The van der Waals surface area contributed by atoms with Crippen molar-refractivity contribution in [2.75, 3.05) is 5.32 Å². The molecule has 0 spiro atoms. The molecule has 0 saturated carbocycles. The maximum absolute atomic E-state index is 12.5. The lowest BCUT2D eigenvalue weighted by Crippen LogP contribution is -2.34. The number of carbonyl (C=O) groups excluding carboxylic acids is 2. The van der Waals surface area contributed by atoms with E-state index in [1.165, 1.54) is 24.3 Å². The summed E-state index contributed by atoms with van der Waals surface area (Å²) in [5.41, 5.74) is -1.01. The number of carboxylic acid groups (broad SMARTS) is 1. The number of aromatic carboxylic acids is 1. The summed E-state index contributed by atoms with van der Waals surface area (Å²) in [7, 11) is 0. The highest BCUT2D eigenvalue weighted by Gasteiger charge is 2.19. The summed E-state index contributed by atoms with van der Waals surface area (Å²) in [5.74, 6) is -2.37. The van der Waals surface area contributed by atoms with Crippen LogP contribution in [-0.2, 0) is 11.3 Å². The molecule has 0 aliphatic rings. The van der Waals surface area contributed by atoms with Crippen molar-refractivity contribution >= 4 is 34.0 Å². The summed E-state index contributed by atoms with van der Waals surface area (Å²) in [6.07, 6.45) is 0. The highest BCUT2D eigenvalue weighted by Crippen LogP contribution is 2.27. The van der Waals surface area contributed by atoms with Crippen LogP contribution in [0.1, 0.15) is 16.1 Å². The first-order valence-electron chi connectivity index (χ1n) is 8.04. The number of para-hydroxylation sites is 1. The minimum absolute atomic E-state index is 0.00790. The van der Waals surface area contributed by atoms with Crippen molar-refractivity contribution in [2.24, 2.45) is 0 Å². The number of fused-ring (bicyclic) bond motifs is 1. The molecular weight excluding hydrogens is 368 g/mol. The lowest BCUT2D eigenvalue weighted by atomic mass is 10.1. The number of aromatic nitrogens is 2. The Morgan fingerprint density at radius 3 is 2.46 bits per heavy atom. The number of aryl methyl sites for hydroxylation is 1. The molecule has 10 nitrogen and oxygen atoms in total. The second-order valence-corrected chi connectivity index (χ2v) is 5.92. The standard InChI is InChI=1S/C18H14N4O6/c1-10-5-4-8-13(22(27)28)15(10)19-14(23)9-21-17(24)12-7-3-2-6-11(12)16(20-21)18(25)26/h2-8H,9H2,1H3,(H,19,23)(H,25,26)/p-1. The van der Waals surface area contributed by atoms with Crippen molar-refractivity contribution in [3.8, 4) is 0 Å². The van der Waals surface area contributed by atoms with Crippen LogP contribution in [0.15, 0.2) is 47.3 Å². The molecule has 0 aliphatic carbocycles. The zero-order valence-corrected chi connectivity index (χ0v) is 14.5. The molecule has 3 rings (SSSR count). The number of hydrogen-bond donors (Lipinski definition) is 1. The maximum atomic E-state index is 12.5. The molecule has 0 atom stereocenters. The molecule has 0 unspecified atom stereocenters. The predicted octanol–water partition coefficient (Wildman–Crippen LogP) is 0.615. The number of carbonyl (C=O) groups is 2. The van der Waals surface area contributed by atoms with Crippen LogP contribution >= 0.6 is 0 Å². The highest BCUT2D eigenvalue weighted by molar-refractivity contribution is 6.00. The number of nitrogens with one attached hydrogen (secondary N) is 1. The molecule has 1 N–H and O–H groups in total. The SMILES string of the molecule is Cc1cccc([N+](=O)[O-])c1NC(=O)Cn1nc(C(=O)[O-])c2ccccc2c1=O. The predicted molar refractivity (Wildman–Crippen MR) is 96.8 cm³/mol. The van der Waals surface area contributed by atoms with E-state index >= 15 is 0 Å². The summed E-state index contributed by atoms with van der Waals surface area (Å²) < 4.78 is 0.687. The van der Waals surface area contributed by atoms with Gasteiger partial charge in [-0.05, 0) is 18.6 Å². The number of rotatable bonds is 5. The fourth-order valence-electron chi connectivity index (χ4n) is 2.78. The van der Waals surface area contributed by atoms with Gasteiger partial charge in [-0.2, -0.15) is 5.10 Å². The Labute approximate surface area is 157 Å². The van der Waals surface area contributed by atoms with Crippen molar-refractivity contribution in [3.63, 3.8) is 0 Å². The number of benzene rings is 2. The molecule has 1 heterocycles. The average molecular weight is 381 g/mol. The minimum atomic E-state index is -1.60. The maximum Gasteiger partial charge on any atom is 0.293 e. The quantitative estimate of drug-likeness (QED) is 0.503. The van der Waals surface area contributed by atoms with Crippen LogP contribution in [0.2, 0.25) is 0 Å². The van der Waals surface area contributed by atoms with E-state index < -0.39 is 34.6 Å². The van der Waals surface area contributed by atoms with E-state index in [4.69, 9.17) is 0 Å². The zero-order valence-electron chi connectivity index (χ0n) is 14.5. The number of anilines is 1. The van der Waals surface area contributed by atoms with Crippen LogP contribution in [0.4, 0.5) is 11.4 Å². The Bertz CT molecular complexity index is 1180. The number of nitrogens with zero attached hydrogens (tertiary/aromatic N) is 3. The topological polar surface area (TPSA) is 147 Å². The van der Waals surface area contributed by atoms with Crippen LogP contribution in [0.5, 0.6) is 0 Å². The molecule has 0 fully saturated rings. The fraction of sp³-hybridized carbons (Fsp3) is 0.111. The Kier molecular flexibility index (Phi) is 4.86. The molecule has 10 heteroatoms. The lowest BCUT2D eigenvalue weighted by Gasteiger charge is -2.12. The first kappa shape index (κ1) is 18.7. The third kappa shape index (κ3) is 3.43. The number of nitro benzene ring substituents is 1. The van der Waals surface area contributed by atoms with E-state index in [1.54, 1.807) is 25.1 Å².